The predicted molar refractivity (Wildman–Crippen MR) is 101 cm³/mol. The van der Waals surface area contributed by atoms with Crippen molar-refractivity contribution in [2.45, 2.75) is 39.0 Å². The molecule has 2 aromatic carbocycles. The number of ether oxygens (including phenoxy) is 1. The lowest BCUT2D eigenvalue weighted by atomic mass is 10.1. The fourth-order valence-corrected chi connectivity index (χ4v) is 2.40. The van der Waals surface area contributed by atoms with Crippen molar-refractivity contribution in [2.75, 3.05) is 6.61 Å². The lowest BCUT2D eigenvalue weighted by Crippen LogP contribution is -2.03. The first kappa shape index (κ1) is 19.1. The number of unbranched alkanes of at least 4 members (excludes halogenated alkanes) is 3. The zero-order valence-corrected chi connectivity index (χ0v) is 15.2. The van der Waals surface area contributed by atoms with Gasteiger partial charge in [-0.1, -0.05) is 38.3 Å². The van der Waals surface area contributed by atoms with E-state index in [2.05, 4.69) is 29.3 Å². The molecule has 0 spiro atoms. The zero-order valence-electron chi connectivity index (χ0n) is 14.5. The van der Waals surface area contributed by atoms with Gasteiger partial charge >= 0.3 is 0 Å². The molecule has 0 unspecified atom stereocenters. The van der Waals surface area contributed by atoms with E-state index in [-0.39, 0.29) is 6.61 Å². The largest absolute Gasteiger partial charge is 0.484 e. The van der Waals surface area contributed by atoms with Gasteiger partial charge < -0.3 is 4.74 Å². The smallest absolute Gasteiger partial charge is 0.259 e. The van der Waals surface area contributed by atoms with Crippen LogP contribution in [0.15, 0.2) is 58.8 Å². The first-order valence-electron chi connectivity index (χ1n) is 8.59. The molecule has 2 aromatic rings. The van der Waals surface area contributed by atoms with Crippen LogP contribution in [0.5, 0.6) is 5.75 Å². The van der Waals surface area contributed by atoms with Gasteiger partial charge in [0.1, 0.15) is 5.75 Å². The number of benzene rings is 2. The van der Waals surface area contributed by atoms with Crippen molar-refractivity contribution in [1.29, 1.82) is 0 Å². The highest BCUT2D eigenvalue weighted by Gasteiger charge is 1.99. The molecule has 25 heavy (non-hydrogen) atoms. The van der Waals surface area contributed by atoms with Crippen molar-refractivity contribution >= 4 is 28.2 Å². The van der Waals surface area contributed by atoms with E-state index in [1.807, 2.05) is 12.1 Å². The third kappa shape index (κ3) is 7.48. The van der Waals surface area contributed by atoms with Crippen LogP contribution in [0.4, 0.5) is 11.4 Å². The maximum atomic E-state index is 10.7. The Balaban J connectivity index is 1.85. The first-order valence-corrected chi connectivity index (χ1v) is 8.97. The molecular formula is C20H23ClN2O2. The highest BCUT2D eigenvalue weighted by Crippen LogP contribution is 2.22. The summed E-state index contributed by atoms with van der Waals surface area (Å²) in [6.07, 6.45) is 6.20. The number of hydrogen-bond acceptors (Lipinski definition) is 4. The normalized spacial score (nSPS) is 11.0. The number of carbonyl (C=O) groups is 1. The van der Waals surface area contributed by atoms with Crippen LogP contribution in [-0.2, 0) is 11.2 Å². The third-order valence-electron chi connectivity index (χ3n) is 3.73. The van der Waals surface area contributed by atoms with Gasteiger partial charge in [-0.05, 0) is 66.4 Å². The van der Waals surface area contributed by atoms with Crippen molar-refractivity contribution < 1.29 is 9.53 Å². The molecule has 0 aliphatic heterocycles. The second-order valence-corrected chi connectivity index (χ2v) is 6.24. The average Bonchev–Trinajstić information content (AvgIpc) is 2.63. The molecule has 0 amide bonds. The number of carbonyl (C=O) groups excluding carboxylic acids is 1. The Morgan fingerprint density at radius 1 is 0.920 bits per heavy atom. The quantitative estimate of drug-likeness (QED) is 0.281. The van der Waals surface area contributed by atoms with Gasteiger partial charge in [-0.3, -0.25) is 4.79 Å². The summed E-state index contributed by atoms with van der Waals surface area (Å²) in [5.41, 5.74) is 2.88. The fourth-order valence-electron chi connectivity index (χ4n) is 2.35. The summed E-state index contributed by atoms with van der Waals surface area (Å²) in [4.78, 5) is 10.7. The first-order chi connectivity index (χ1) is 12.2. The molecule has 0 bridgehead atoms. The van der Waals surface area contributed by atoms with Gasteiger partial charge in [-0.25, -0.2) is 0 Å². The summed E-state index contributed by atoms with van der Waals surface area (Å²) in [5, 5.41) is 7.92. The minimum Gasteiger partial charge on any atom is -0.484 e. The summed E-state index contributed by atoms with van der Waals surface area (Å²) in [5.74, 6) is 0.570. The van der Waals surface area contributed by atoms with E-state index in [1.165, 1.54) is 31.2 Å². The molecule has 0 aliphatic rings. The Labute approximate surface area is 153 Å². The molecule has 0 N–H and O–H groups in total. The maximum absolute atomic E-state index is 10.7. The van der Waals surface area contributed by atoms with Gasteiger partial charge in [-0.2, -0.15) is 10.2 Å². The second-order valence-electron chi connectivity index (χ2n) is 5.81. The van der Waals surface area contributed by atoms with Crippen molar-refractivity contribution in [1.82, 2.24) is 0 Å². The molecule has 0 saturated heterocycles. The molecule has 0 aliphatic carbocycles. The molecule has 0 atom stereocenters. The zero-order chi connectivity index (χ0) is 17.9. The lowest BCUT2D eigenvalue weighted by molar-refractivity contribution is -0.113. The Bertz CT molecular complexity index is 682. The molecule has 2 rings (SSSR count). The molecule has 0 saturated carbocycles. The summed E-state index contributed by atoms with van der Waals surface area (Å²) in [6, 6.07) is 15.2. The number of halogens is 1. The topological polar surface area (TPSA) is 51.0 Å². The highest BCUT2D eigenvalue weighted by molar-refractivity contribution is 6.63. The van der Waals surface area contributed by atoms with E-state index in [4.69, 9.17) is 16.3 Å². The standard InChI is InChI=1S/C20H23ClN2O2/c1-2-3-4-5-6-16-7-9-17(10-8-16)22-23-18-11-13-19(14-12-18)25-15-20(21)24/h7-14H,2-6,15H2,1H3. The van der Waals surface area contributed by atoms with Crippen LogP contribution in [0, 0.1) is 0 Å². The summed E-state index contributed by atoms with van der Waals surface area (Å²) in [7, 11) is 0. The van der Waals surface area contributed by atoms with Gasteiger partial charge in [-0.15, -0.1) is 0 Å². The van der Waals surface area contributed by atoms with Crippen LogP contribution < -0.4 is 4.74 Å². The van der Waals surface area contributed by atoms with Crippen molar-refractivity contribution in [3.05, 3.63) is 54.1 Å². The summed E-state index contributed by atoms with van der Waals surface area (Å²) in [6.45, 7) is 2.08. The SMILES string of the molecule is CCCCCCc1ccc(N=Nc2ccc(OCC(=O)Cl)cc2)cc1. The molecule has 5 heteroatoms. The fraction of sp³-hybridized carbons (Fsp3) is 0.350. The van der Waals surface area contributed by atoms with E-state index >= 15 is 0 Å². The van der Waals surface area contributed by atoms with Crippen molar-refractivity contribution in [3.63, 3.8) is 0 Å². The Morgan fingerprint density at radius 3 is 2.08 bits per heavy atom. The van der Waals surface area contributed by atoms with Crippen molar-refractivity contribution in [2.24, 2.45) is 10.2 Å². The molecule has 4 nitrogen and oxygen atoms in total. The summed E-state index contributed by atoms with van der Waals surface area (Å²) >= 11 is 5.23. The number of nitrogens with zero attached hydrogens (tertiary/aromatic N) is 2. The van der Waals surface area contributed by atoms with Crippen LogP contribution >= 0.6 is 11.6 Å². The van der Waals surface area contributed by atoms with Gasteiger partial charge in [0.25, 0.3) is 5.24 Å². The van der Waals surface area contributed by atoms with E-state index in [0.717, 1.165) is 12.1 Å². The highest BCUT2D eigenvalue weighted by atomic mass is 35.5. The van der Waals surface area contributed by atoms with Gasteiger partial charge in [0.05, 0.1) is 11.4 Å². The van der Waals surface area contributed by atoms with Crippen LogP contribution in [-0.4, -0.2) is 11.8 Å². The molecular weight excluding hydrogens is 336 g/mol. The average molecular weight is 359 g/mol. The second kappa shape index (κ2) is 10.6. The van der Waals surface area contributed by atoms with Gasteiger partial charge in [0.2, 0.25) is 0 Å². The van der Waals surface area contributed by atoms with Crippen LogP contribution in [0.3, 0.4) is 0 Å². The number of hydrogen-bond donors (Lipinski definition) is 0. The van der Waals surface area contributed by atoms with E-state index in [0.29, 0.717) is 11.4 Å². The predicted octanol–water partition coefficient (Wildman–Crippen LogP) is 6.37. The number of azo groups is 1. The van der Waals surface area contributed by atoms with Crippen LogP contribution in [0.25, 0.3) is 0 Å². The minimum absolute atomic E-state index is 0.146. The lowest BCUT2D eigenvalue weighted by Gasteiger charge is -2.03. The third-order valence-corrected chi connectivity index (χ3v) is 3.83. The van der Waals surface area contributed by atoms with E-state index in [1.54, 1.807) is 24.3 Å². The molecule has 132 valence electrons. The molecule has 0 heterocycles. The van der Waals surface area contributed by atoms with Gasteiger partial charge in [0, 0.05) is 0 Å². The van der Waals surface area contributed by atoms with Crippen LogP contribution in [0.2, 0.25) is 0 Å². The number of aryl methyl sites for hydroxylation is 1. The minimum atomic E-state index is -0.530. The van der Waals surface area contributed by atoms with Crippen LogP contribution in [0.1, 0.15) is 38.2 Å². The summed E-state index contributed by atoms with van der Waals surface area (Å²) < 4.78 is 5.19. The molecule has 0 radical (unpaired) electrons. The Kier molecular flexibility index (Phi) is 8.13. The van der Waals surface area contributed by atoms with Gasteiger partial charge in [0.15, 0.2) is 6.61 Å². The maximum Gasteiger partial charge on any atom is 0.259 e. The number of rotatable bonds is 10. The monoisotopic (exact) mass is 358 g/mol. The Hall–Kier alpha value is -2.20. The van der Waals surface area contributed by atoms with Crippen molar-refractivity contribution in [3.8, 4) is 5.75 Å². The molecule has 0 aromatic heterocycles. The Morgan fingerprint density at radius 2 is 1.52 bits per heavy atom. The van der Waals surface area contributed by atoms with E-state index in [9.17, 15) is 4.79 Å². The van der Waals surface area contributed by atoms with E-state index < -0.39 is 5.24 Å². The molecule has 0 fully saturated rings.